The predicted molar refractivity (Wildman–Crippen MR) is 74.6 cm³/mol. The summed E-state index contributed by atoms with van der Waals surface area (Å²) in [6.45, 7) is 2.87. The lowest BCUT2D eigenvalue weighted by molar-refractivity contribution is -0.287. The van der Waals surface area contributed by atoms with E-state index < -0.39 is 42.6 Å². The topological polar surface area (TPSA) is 143 Å². The van der Waals surface area contributed by atoms with Crippen LogP contribution in [-0.2, 0) is 23.8 Å². The van der Waals surface area contributed by atoms with E-state index in [1.165, 1.54) is 0 Å². The summed E-state index contributed by atoms with van der Waals surface area (Å²) in [5, 5.41) is 37.8. The average molecular weight is 334 g/mol. The molecule has 1 saturated heterocycles. The van der Waals surface area contributed by atoms with Gasteiger partial charge in [0.15, 0.2) is 6.29 Å². The first-order valence-corrected chi connectivity index (χ1v) is 7.20. The van der Waals surface area contributed by atoms with Crippen LogP contribution in [0, 0.1) is 0 Å². The molecule has 1 rings (SSSR count). The van der Waals surface area contributed by atoms with Crippen LogP contribution >= 0.6 is 0 Å². The molecule has 0 aromatic carbocycles. The molecular formula is C14H22O9. The molecule has 1 aliphatic heterocycles. The van der Waals surface area contributed by atoms with Crippen molar-refractivity contribution in [2.45, 2.75) is 56.4 Å². The van der Waals surface area contributed by atoms with Gasteiger partial charge in [-0.3, -0.25) is 9.59 Å². The van der Waals surface area contributed by atoms with Crippen LogP contribution in [0.15, 0.2) is 12.8 Å². The number of hydrogen-bond acceptors (Lipinski definition) is 9. The Morgan fingerprint density at radius 1 is 1.00 bits per heavy atom. The third-order valence-electron chi connectivity index (χ3n) is 3.32. The summed E-state index contributed by atoms with van der Waals surface area (Å²) in [5.74, 6) is -1.01. The van der Waals surface area contributed by atoms with E-state index in [9.17, 15) is 30.0 Å². The number of aliphatic hydroxyl groups excluding tert-OH is 4. The summed E-state index contributed by atoms with van der Waals surface area (Å²) in [6, 6.07) is 0. The lowest BCUT2D eigenvalue weighted by Crippen LogP contribution is -2.58. The molecule has 1 heterocycles. The Hall–Kier alpha value is -1.52. The molecule has 0 aliphatic carbocycles. The summed E-state index contributed by atoms with van der Waals surface area (Å²) >= 11 is 0. The summed E-state index contributed by atoms with van der Waals surface area (Å²) < 4.78 is 14.3. The van der Waals surface area contributed by atoms with Crippen molar-refractivity contribution < 1.29 is 44.2 Å². The molecule has 0 aromatic heterocycles. The van der Waals surface area contributed by atoms with E-state index in [1.807, 2.05) is 0 Å². The normalized spacial score (nSPS) is 30.5. The third-order valence-corrected chi connectivity index (χ3v) is 3.32. The second-order valence-electron chi connectivity index (χ2n) is 5.08. The Labute approximate surface area is 133 Å². The van der Waals surface area contributed by atoms with Crippen molar-refractivity contribution in [3.05, 3.63) is 12.8 Å². The maximum atomic E-state index is 11.5. The van der Waals surface area contributed by atoms with E-state index >= 15 is 0 Å². The molecule has 0 spiro atoms. The average Bonchev–Trinajstić information content (AvgIpc) is 2.52. The molecule has 0 bridgehead atoms. The van der Waals surface area contributed by atoms with Gasteiger partial charge in [0.25, 0.3) is 0 Å². The van der Waals surface area contributed by atoms with Gasteiger partial charge in [-0.05, 0) is 12.8 Å². The zero-order chi connectivity index (χ0) is 17.4. The zero-order valence-electron chi connectivity index (χ0n) is 12.5. The lowest BCUT2D eigenvalue weighted by atomic mass is 9.99. The Balaban J connectivity index is 2.23. The minimum absolute atomic E-state index is 0.0535. The first-order chi connectivity index (χ1) is 10.9. The summed E-state index contributed by atoms with van der Waals surface area (Å²) in [7, 11) is 0. The highest BCUT2D eigenvalue weighted by molar-refractivity contribution is 5.70. The molecule has 0 saturated carbocycles. The number of aliphatic hydroxyl groups is 4. The van der Waals surface area contributed by atoms with Crippen LogP contribution in [0.1, 0.15) is 25.7 Å². The maximum absolute atomic E-state index is 11.5. The van der Waals surface area contributed by atoms with Crippen LogP contribution in [0.3, 0.4) is 0 Å². The van der Waals surface area contributed by atoms with Gasteiger partial charge in [-0.2, -0.15) is 0 Å². The number of hydrogen-bond donors (Lipinski definition) is 4. The predicted octanol–water partition coefficient (Wildman–Crippen LogP) is -1.42. The highest BCUT2D eigenvalue weighted by Gasteiger charge is 2.43. The Bertz CT molecular complexity index is 411. The molecule has 0 radical (unpaired) electrons. The van der Waals surface area contributed by atoms with Gasteiger partial charge in [0.05, 0.1) is 6.26 Å². The van der Waals surface area contributed by atoms with Gasteiger partial charge in [-0.25, -0.2) is 0 Å². The van der Waals surface area contributed by atoms with Crippen molar-refractivity contribution in [3.8, 4) is 0 Å². The number of rotatable bonds is 8. The van der Waals surface area contributed by atoms with E-state index in [0.717, 1.165) is 6.26 Å². The number of carbonyl (C=O) groups excluding carboxylic acids is 2. The molecule has 9 nitrogen and oxygen atoms in total. The smallest absolute Gasteiger partial charge is 0.310 e. The van der Waals surface area contributed by atoms with E-state index in [4.69, 9.17) is 9.47 Å². The second-order valence-corrected chi connectivity index (χ2v) is 5.08. The first kappa shape index (κ1) is 19.5. The molecule has 9 heteroatoms. The van der Waals surface area contributed by atoms with Crippen LogP contribution in [0.4, 0.5) is 0 Å². The zero-order valence-corrected chi connectivity index (χ0v) is 12.5. The van der Waals surface area contributed by atoms with Crippen molar-refractivity contribution in [3.63, 3.8) is 0 Å². The van der Waals surface area contributed by atoms with E-state index in [-0.39, 0.29) is 19.4 Å². The fourth-order valence-corrected chi connectivity index (χ4v) is 2.01. The highest BCUT2D eigenvalue weighted by atomic mass is 16.6. The Morgan fingerprint density at radius 2 is 1.61 bits per heavy atom. The lowest BCUT2D eigenvalue weighted by Gasteiger charge is -2.37. The van der Waals surface area contributed by atoms with E-state index in [1.54, 1.807) is 0 Å². The molecule has 4 N–H and O–H groups in total. The first-order valence-electron chi connectivity index (χ1n) is 7.20. The van der Waals surface area contributed by atoms with Crippen molar-refractivity contribution in [1.82, 2.24) is 0 Å². The quantitative estimate of drug-likeness (QED) is 0.239. The second kappa shape index (κ2) is 9.58. The van der Waals surface area contributed by atoms with Gasteiger partial charge in [-0.15, -0.1) is 0 Å². The molecular weight excluding hydrogens is 312 g/mol. The van der Waals surface area contributed by atoms with Crippen LogP contribution in [-0.4, -0.2) is 69.7 Å². The molecule has 1 aliphatic rings. The van der Waals surface area contributed by atoms with E-state index in [0.29, 0.717) is 12.8 Å². The molecule has 0 amide bonds. The monoisotopic (exact) mass is 334 g/mol. The molecule has 5 atom stereocenters. The third kappa shape index (κ3) is 6.24. The number of ether oxygens (including phenoxy) is 3. The van der Waals surface area contributed by atoms with Crippen molar-refractivity contribution in [2.75, 3.05) is 6.61 Å². The van der Waals surface area contributed by atoms with Crippen LogP contribution in [0.5, 0.6) is 0 Å². The van der Waals surface area contributed by atoms with Crippen LogP contribution < -0.4 is 0 Å². The molecule has 132 valence electrons. The Kier molecular flexibility index (Phi) is 8.13. The number of carbonyl (C=O) groups is 2. The molecule has 1 fully saturated rings. The minimum atomic E-state index is -1.67. The van der Waals surface area contributed by atoms with Gasteiger partial charge in [0.1, 0.15) is 31.0 Å². The van der Waals surface area contributed by atoms with Crippen LogP contribution in [0.25, 0.3) is 0 Å². The summed E-state index contributed by atoms with van der Waals surface area (Å²) in [5.41, 5.74) is 0. The fraction of sp³-hybridized carbons (Fsp3) is 0.714. The summed E-state index contributed by atoms with van der Waals surface area (Å²) in [6.07, 6.45) is -5.45. The molecule has 1 unspecified atom stereocenters. The van der Waals surface area contributed by atoms with Crippen LogP contribution in [0.2, 0.25) is 0 Å². The van der Waals surface area contributed by atoms with Gasteiger partial charge >= 0.3 is 11.9 Å². The maximum Gasteiger partial charge on any atom is 0.310 e. The highest BCUT2D eigenvalue weighted by Crippen LogP contribution is 2.20. The number of unbranched alkanes of at least 4 members (excludes halogenated alkanes) is 1. The van der Waals surface area contributed by atoms with Gasteiger partial charge in [-0.1, -0.05) is 6.58 Å². The SMILES string of the molecule is C=COC(=O)CCCCC(=O)OC[C@H]1OC(O)[C@H](O)[C@@H](O)[C@@H]1O. The fourth-order valence-electron chi connectivity index (χ4n) is 2.01. The minimum Gasteiger partial charge on any atom is -0.463 e. The van der Waals surface area contributed by atoms with E-state index in [2.05, 4.69) is 11.3 Å². The van der Waals surface area contributed by atoms with Crippen molar-refractivity contribution in [2.24, 2.45) is 0 Å². The largest absolute Gasteiger partial charge is 0.463 e. The summed E-state index contributed by atoms with van der Waals surface area (Å²) in [4.78, 5) is 22.5. The standard InChI is InChI=1S/C14H22O9/c1-2-21-9(15)5-3-4-6-10(16)22-7-8-11(17)12(18)13(19)14(20)23-8/h2,8,11-14,17-20H,1,3-7H2/t8-,11-,12+,13-,14?/m1/s1. The van der Waals surface area contributed by atoms with Gasteiger partial charge in [0, 0.05) is 12.8 Å². The van der Waals surface area contributed by atoms with Crippen molar-refractivity contribution in [1.29, 1.82) is 0 Å². The van der Waals surface area contributed by atoms with Crippen molar-refractivity contribution >= 4 is 11.9 Å². The van der Waals surface area contributed by atoms with Gasteiger partial charge < -0.3 is 34.6 Å². The number of esters is 2. The molecule has 0 aromatic rings. The Morgan fingerprint density at radius 3 is 2.22 bits per heavy atom. The van der Waals surface area contributed by atoms with Gasteiger partial charge in [0.2, 0.25) is 0 Å². The molecule has 23 heavy (non-hydrogen) atoms.